The van der Waals surface area contributed by atoms with E-state index < -0.39 is 0 Å². The highest BCUT2D eigenvalue weighted by Crippen LogP contribution is 2.26. The Morgan fingerprint density at radius 1 is 1.00 bits per heavy atom. The third kappa shape index (κ3) is 2.15. The zero-order valence-corrected chi connectivity index (χ0v) is 10.2. The molecule has 3 rings (SSSR count). The van der Waals surface area contributed by atoms with Crippen molar-refractivity contribution in [3.8, 4) is 11.5 Å². The molecule has 0 saturated heterocycles. The molecule has 0 radical (unpaired) electrons. The number of nitrogens with zero attached hydrogens (tertiary/aromatic N) is 1. The zero-order chi connectivity index (χ0) is 11.7. The minimum Gasteiger partial charge on any atom is -0.457 e. The number of aryl methyl sites for hydroxylation is 1. The number of thiazole rings is 1. The van der Waals surface area contributed by atoms with E-state index in [1.807, 2.05) is 48.0 Å². The van der Waals surface area contributed by atoms with Gasteiger partial charge in [-0.15, -0.1) is 11.3 Å². The Morgan fingerprint density at radius 2 is 1.76 bits per heavy atom. The highest BCUT2D eigenvalue weighted by atomic mass is 32.1. The molecule has 17 heavy (non-hydrogen) atoms. The quantitative estimate of drug-likeness (QED) is 0.663. The predicted molar refractivity (Wildman–Crippen MR) is 70.9 cm³/mol. The number of fused-ring (bicyclic) bond motifs is 1. The molecule has 2 aromatic carbocycles. The third-order valence-corrected chi connectivity index (χ3v) is 3.37. The second-order valence-electron chi connectivity index (χ2n) is 3.90. The van der Waals surface area contributed by atoms with Crippen molar-refractivity contribution >= 4 is 21.6 Å². The topological polar surface area (TPSA) is 22.1 Å². The summed E-state index contributed by atoms with van der Waals surface area (Å²) >= 11 is 1.64. The average Bonchev–Trinajstić information content (AvgIpc) is 2.79. The standard InChI is InChI=1S/C14H11NOS/c1-10-2-4-11(5-3-10)16-12-6-7-14-13(8-12)15-9-17-14/h2-9H,1H3. The van der Waals surface area contributed by atoms with Crippen LogP contribution in [-0.2, 0) is 0 Å². The Morgan fingerprint density at radius 3 is 2.59 bits per heavy atom. The van der Waals surface area contributed by atoms with E-state index in [0.29, 0.717) is 0 Å². The van der Waals surface area contributed by atoms with E-state index in [-0.39, 0.29) is 0 Å². The predicted octanol–water partition coefficient (Wildman–Crippen LogP) is 4.40. The summed E-state index contributed by atoms with van der Waals surface area (Å²) in [7, 11) is 0. The smallest absolute Gasteiger partial charge is 0.129 e. The minimum absolute atomic E-state index is 0.826. The van der Waals surface area contributed by atoms with Crippen molar-refractivity contribution in [2.75, 3.05) is 0 Å². The van der Waals surface area contributed by atoms with E-state index in [2.05, 4.69) is 11.9 Å². The molecule has 0 saturated carbocycles. The van der Waals surface area contributed by atoms with E-state index in [9.17, 15) is 0 Å². The second kappa shape index (κ2) is 4.18. The molecular weight excluding hydrogens is 230 g/mol. The number of hydrogen-bond donors (Lipinski definition) is 0. The maximum absolute atomic E-state index is 5.78. The number of hydrogen-bond acceptors (Lipinski definition) is 3. The largest absolute Gasteiger partial charge is 0.457 e. The molecule has 84 valence electrons. The van der Waals surface area contributed by atoms with Gasteiger partial charge in [-0.25, -0.2) is 4.98 Å². The van der Waals surface area contributed by atoms with Gasteiger partial charge in [-0.1, -0.05) is 17.7 Å². The van der Waals surface area contributed by atoms with Crippen LogP contribution in [0.2, 0.25) is 0 Å². The van der Waals surface area contributed by atoms with Crippen molar-refractivity contribution in [1.82, 2.24) is 4.98 Å². The first kappa shape index (κ1) is 10.3. The van der Waals surface area contributed by atoms with Crippen LogP contribution in [-0.4, -0.2) is 4.98 Å². The van der Waals surface area contributed by atoms with Crippen molar-refractivity contribution in [2.45, 2.75) is 6.92 Å². The van der Waals surface area contributed by atoms with E-state index in [4.69, 9.17) is 4.74 Å². The van der Waals surface area contributed by atoms with E-state index >= 15 is 0 Å². The monoisotopic (exact) mass is 241 g/mol. The molecule has 0 amide bonds. The summed E-state index contributed by atoms with van der Waals surface area (Å²) in [5.41, 5.74) is 4.06. The highest BCUT2D eigenvalue weighted by molar-refractivity contribution is 7.16. The lowest BCUT2D eigenvalue weighted by Gasteiger charge is -2.05. The molecule has 0 aliphatic rings. The molecule has 0 fully saturated rings. The molecule has 0 N–H and O–H groups in total. The van der Waals surface area contributed by atoms with Crippen LogP contribution in [0, 0.1) is 6.92 Å². The van der Waals surface area contributed by atoms with Crippen LogP contribution in [0.4, 0.5) is 0 Å². The summed E-state index contributed by atoms with van der Waals surface area (Å²) in [4.78, 5) is 4.27. The summed E-state index contributed by atoms with van der Waals surface area (Å²) in [5.74, 6) is 1.68. The summed E-state index contributed by atoms with van der Waals surface area (Å²) in [6.07, 6.45) is 0. The number of ether oxygens (including phenoxy) is 1. The molecule has 0 aliphatic heterocycles. The molecule has 0 bridgehead atoms. The first-order valence-electron chi connectivity index (χ1n) is 5.39. The summed E-state index contributed by atoms with van der Waals surface area (Å²) in [6.45, 7) is 2.06. The van der Waals surface area contributed by atoms with Gasteiger partial charge in [0.05, 0.1) is 15.7 Å². The van der Waals surface area contributed by atoms with Crippen LogP contribution in [0.15, 0.2) is 48.0 Å². The summed E-state index contributed by atoms with van der Waals surface area (Å²) < 4.78 is 6.96. The first-order valence-corrected chi connectivity index (χ1v) is 6.27. The molecule has 0 aliphatic carbocycles. The maximum atomic E-state index is 5.78. The van der Waals surface area contributed by atoms with Gasteiger partial charge in [0.25, 0.3) is 0 Å². The van der Waals surface area contributed by atoms with Gasteiger partial charge in [-0.2, -0.15) is 0 Å². The molecule has 0 unspecified atom stereocenters. The third-order valence-electron chi connectivity index (χ3n) is 2.56. The van der Waals surface area contributed by atoms with Crippen LogP contribution < -0.4 is 4.74 Å². The fraction of sp³-hybridized carbons (Fsp3) is 0.0714. The highest BCUT2D eigenvalue weighted by Gasteiger charge is 2.01. The van der Waals surface area contributed by atoms with Crippen molar-refractivity contribution in [2.24, 2.45) is 0 Å². The van der Waals surface area contributed by atoms with Crippen molar-refractivity contribution in [3.63, 3.8) is 0 Å². The van der Waals surface area contributed by atoms with Gasteiger partial charge in [0.15, 0.2) is 0 Å². The van der Waals surface area contributed by atoms with Crippen molar-refractivity contribution in [3.05, 3.63) is 53.5 Å². The Bertz CT molecular complexity index is 643. The van der Waals surface area contributed by atoms with Gasteiger partial charge in [0.2, 0.25) is 0 Å². The molecular formula is C14H11NOS. The van der Waals surface area contributed by atoms with Gasteiger partial charge in [0.1, 0.15) is 11.5 Å². The molecule has 0 atom stereocenters. The van der Waals surface area contributed by atoms with E-state index in [1.54, 1.807) is 11.3 Å². The van der Waals surface area contributed by atoms with Crippen LogP contribution in [0.3, 0.4) is 0 Å². The average molecular weight is 241 g/mol. The van der Waals surface area contributed by atoms with Crippen LogP contribution in [0.25, 0.3) is 10.2 Å². The van der Waals surface area contributed by atoms with Crippen molar-refractivity contribution < 1.29 is 4.74 Å². The number of aromatic nitrogens is 1. The normalized spacial score (nSPS) is 10.6. The van der Waals surface area contributed by atoms with Gasteiger partial charge in [-0.05, 0) is 31.2 Å². The fourth-order valence-electron chi connectivity index (χ4n) is 1.64. The first-order chi connectivity index (χ1) is 8.31. The van der Waals surface area contributed by atoms with Gasteiger partial charge < -0.3 is 4.74 Å². The Hall–Kier alpha value is -1.87. The summed E-state index contributed by atoms with van der Waals surface area (Å²) in [5, 5.41) is 0. The lowest BCUT2D eigenvalue weighted by atomic mass is 10.2. The molecule has 1 aromatic heterocycles. The van der Waals surface area contributed by atoms with Crippen LogP contribution >= 0.6 is 11.3 Å². The van der Waals surface area contributed by atoms with Gasteiger partial charge in [0, 0.05) is 6.07 Å². The Kier molecular flexibility index (Phi) is 2.53. The maximum Gasteiger partial charge on any atom is 0.129 e. The molecule has 1 heterocycles. The second-order valence-corrected chi connectivity index (χ2v) is 4.78. The Labute approximate surface area is 104 Å². The molecule has 3 aromatic rings. The van der Waals surface area contributed by atoms with Crippen LogP contribution in [0.1, 0.15) is 5.56 Å². The molecule has 2 nitrogen and oxygen atoms in total. The lowest BCUT2D eigenvalue weighted by Crippen LogP contribution is -1.83. The molecule has 0 spiro atoms. The van der Waals surface area contributed by atoms with E-state index in [0.717, 1.165) is 17.0 Å². The summed E-state index contributed by atoms with van der Waals surface area (Å²) in [6, 6.07) is 14.0. The fourth-order valence-corrected chi connectivity index (χ4v) is 2.30. The van der Waals surface area contributed by atoms with Crippen LogP contribution in [0.5, 0.6) is 11.5 Å². The minimum atomic E-state index is 0.826. The van der Waals surface area contributed by atoms with Gasteiger partial charge in [-0.3, -0.25) is 0 Å². The Balaban J connectivity index is 1.91. The van der Waals surface area contributed by atoms with Gasteiger partial charge >= 0.3 is 0 Å². The van der Waals surface area contributed by atoms with Crippen molar-refractivity contribution in [1.29, 1.82) is 0 Å². The number of benzene rings is 2. The lowest BCUT2D eigenvalue weighted by molar-refractivity contribution is 0.483. The SMILES string of the molecule is Cc1ccc(Oc2ccc3scnc3c2)cc1. The van der Waals surface area contributed by atoms with E-state index in [1.165, 1.54) is 10.3 Å². The molecule has 3 heteroatoms. The zero-order valence-electron chi connectivity index (χ0n) is 9.38. The number of rotatable bonds is 2.